The zero-order valence-corrected chi connectivity index (χ0v) is 14.6. The van der Waals surface area contributed by atoms with E-state index in [9.17, 15) is 14.4 Å². The molecule has 1 heterocycles. The molecule has 26 heavy (non-hydrogen) atoms. The summed E-state index contributed by atoms with van der Waals surface area (Å²) in [7, 11) is 0. The van der Waals surface area contributed by atoms with Crippen molar-refractivity contribution < 1.29 is 14.7 Å². The number of para-hydroxylation sites is 2. The molecule has 2 N–H and O–H groups in total. The van der Waals surface area contributed by atoms with E-state index in [1.54, 1.807) is 54.8 Å². The van der Waals surface area contributed by atoms with Gasteiger partial charge in [-0.05, 0) is 38.1 Å². The van der Waals surface area contributed by atoms with E-state index in [0.29, 0.717) is 21.8 Å². The van der Waals surface area contributed by atoms with Crippen LogP contribution in [0.15, 0.2) is 53.3 Å². The molecular formula is C20H20N2O4. The summed E-state index contributed by atoms with van der Waals surface area (Å²) < 4.78 is 1.79. The summed E-state index contributed by atoms with van der Waals surface area (Å²) in [5.41, 5.74) is 1.27. The van der Waals surface area contributed by atoms with Gasteiger partial charge in [0.2, 0.25) is 5.91 Å². The molecule has 3 rings (SSSR count). The Hall–Kier alpha value is -3.15. The van der Waals surface area contributed by atoms with E-state index < -0.39 is 17.9 Å². The van der Waals surface area contributed by atoms with E-state index in [1.165, 1.54) is 0 Å². The number of benzene rings is 2. The van der Waals surface area contributed by atoms with Gasteiger partial charge >= 0.3 is 5.97 Å². The number of aliphatic carboxylic acids is 1. The number of pyridine rings is 1. The van der Waals surface area contributed by atoms with E-state index >= 15 is 0 Å². The van der Waals surface area contributed by atoms with Crippen molar-refractivity contribution in [2.75, 3.05) is 0 Å². The number of carbonyl (C=O) groups is 2. The second-order valence-electron chi connectivity index (χ2n) is 6.43. The first kappa shape index (κ1) is 17.7. The van der Waals surface area contributed by atoms with Crippen molar-refractivity contribution in [3.05, 3.63) is 58.8 Å². The number of fused-ring (bicyclic) bond motifs is 2. The third-order valence-electron chi connectivity index (χ3n) is 4.71. The molecular weight excluding hydrogens is 332 g/mol. The Bertz CT molecular complexity index is 995. The lowest BCUT2D eigenvalue weighted by molar-refractivity contribution is -0.142. The maximum Gasteiger partial charge on any atom is 0.308 e. The van der Waals surface area contributed by atoms with Crippen LogP contribution in [-0.4, -0.2) is 27.6 Å². The molecule has 3 aromatic rings. The van der Waals surface area contributed by atoms with E-state index in [-0.39, 0.29) is 17.9 Å². The zero-order valence-electron chi connectivity index (χ0n) is 14.6. The van der Waals surface area contributed by atoms with Gasteiger partial charge in [0.1, 0.15) is 6.54 Å². The molecule has 1 aromatic heterocycles. The molecule has 134 valence electrons. The summed E-state index contributed by atoms with van der Waals surface area (Å²) in [6, 6.07) is 13.8. The van der Waals surface area contributed by atoms with Crippen LogP contribution in [0.25, 0.3) is 21.8 Å². The zero-order chi connectivity index (χ0) is 18.8. The summed E-state index contributed by atoms with van der Waals surface area (Å²) in [4.78, 5) is 36.3. The lowest BCUT2D eigenvalue weighted by Crippen LogP contribution is -2.41. The molecule has 0 aliphatic carbocycles. The molecule has 0 aliphatic heterocycles. The average molecular weight is 352 g/mol. The van der Waals surface area contributed by atoms with Crippen molar-refractivity contribution in [3.63, 3.8) is 0 Å². The van der Waals surface area contributed by atoms with Crippen molar-refractivity contribution in [2.24, 2.45) is 5.92 Å². The molecule has 0 aliphatic rings. The first-order valence-corrected chi connectivity index (χ1v) is 8.42. The third kappa shape index (κ3) is 3.18. The summed E-state index contributed by atoms with van der Waals surface area (Å²) in [6.45, 7) is 3.22. The number of nitrogens with zero attached hydrogens (tertiary/aromatic N) is 1. The molecule has 0 spiro atoms. The summed E-state index contributed by atoms with van der Waals surface area (Å²) in [5, 5.41) is 12.9. The number of carboxylic acid groups (broad SMARTS) is 1. The SMILES string of the molecule is CC(NC(=O)Cn1c2ccccc2c(=O)c2ccccc21)C(C)C(=O)O. The fraction of sp³-hybridized carbons (Fsp3) is 0.250. The molecule has 2 atom stereocenters. The second kappa shape index (κ2) is 7.00. The van der Waals surface area contributed by atoms with Crippen LogP contribution in [-0.2, 0) is 16.1 Å². The molecule has 0 saturated heterocycles. The van der Waals surface area contributed by atoms with Crippen molar-refractivity contribution in [3.8, 4) is 0 Å². The van der Waals surface area contributed by atoms with Gasteiger partial charge in [-0.3, -0.25) is 14.4 Å². The van der Waals surface area contributed by atoms with Crippen LogP contribution in [0.3, 0.4) is 0 Å². The fourth-order valence-corrected chi connectivity index (χ4v) is 3.03. The number of amides is 1. The van der Waals surface area contributed by atoms with Gasteiger partial charge in [0.15, 0.2) is 5.43 Å². The van der Waals surface area contributed by atoms with Crippen molar-refractivity contribution >= 4 is 33.7 Å². The molecule has 2 unspecified atom stereocenters. The van der Waals surface area contributed by atoms with Crippen LogP contribution in [0, 0.1) is 5.92 Å². The highest BCUT2D eigenvalue weighted by Crippen LogP contribution is 2.19. The molecule has 1 amide bonds. The minimum absolute atomic E-state index is 0.00200. The maximum atomic E-state index is 12.7. The first-order valence-electron chi connectivity index (χ1n) is 8.42. The van der Waals surface area contributed by atoms with E-state index in [4.69, 9.17) is 5.11 Å². The summed E-state index contributed by atoms with van der Waals surface area (Å²) >= 11 is 0. The topological polar surface area (TPSA) is 88.4 Å². The Balaban J connectivity index is 2.04. The van der Waals surface area contributed by atoms with Gasteiger partial charge in [0.25, 0.3) is 0 Å². The monoisotopic (exact) mass is 352 g/mol. The van der Waals surface area contributed by atoms with Crippen LogP contribution < -0.4 is 10.7 Å². The molecule has 6 nitrogen and oxygen atoms in total. The van der Waals surface area contributed by atoms with Gasteiger partial charge in [-0.2, -0.15) is 0 Å². The minimum Gasteiger partial charge on any atom is -0.481 e. The highest BCUT2D eigenvalue weighted by atomic mass is 16.4. The lowest BCUT2D eigenvalue weighted by atomic mass is 10.0. The number of hydrogen-bond acceptors (Lipinski definition) is 3. The van der Waals surface area contributed by atoms with Crippen molar-refractivity contribution in [2.45, 2.75) is 26.4 Å². The molecule has 0 fully saturated rings. The Morgan fingerprint density at radius 2 is 1.50 bits per heavy atom. The molecule has 0 radical (unpaired) electrons. The van der Waals surface area contributed by atoms with Crippen molar-refractivity contribution in [1.29, 1.82) is 0 Å². The average Bonchev–Trinajstić information content (AvgIpc) is 2.64. The fourth-order valence-electron chi connectivity index (χ4n) is 3.03. The Morgan fingerprint density at radius 1 is 1.00 bits per heavy atom. The Labute approximate surface area is 150 Å². The Kier molecular flexibility index (Phi) is 4.75. The predicted molar refractivity (Wildman–Crippen MR) is 100 cm³/mol. The number of carbonyl (C=O) groups excluding carboxylic acids is 1. The third-order valence-corrected chi connectivity index (χ3v) is 4.71. The molecule has 2 aromatic carbocycles. The quantitative estimate of drug-likeness (QED) is 0.690. The lowest BCUT2D eigenvalue weighted by Gasteiger charge is -2.20. The summed E-state index contributed by atoms with van der Waals surface area (Å²) in [6.07, 6.45) is 0. The van der Waals surface area contributed by atoms with Crippen LogP contribution in [0.2, 0.25) is 0 Å². The summed E-state index contributed by atoms with van der Waals surface area (Å²) in [5.74, 6) is -1.96. The van der Waals surface area contributed by atoms with E-state index in [1.807, 2.05) is 12.1 Å². The van der Waals surface area contributed by atoms with Gasteiger partial charge in [-0.1, -0.05) is 24.3 Å². The van der Waals surface area contributed by atoms with Gasteiger partial charge in [0.05, 0.1) is 17.0 Å². The van der Waals surface area contributed by atoms with Crippen LogP contribution in [0.4, 0.5) is 0 Å². The van der Waals surface area contributed by atoms with Gasteiger partial charge in [-0.15, -0.1) is 0 Å². The number of carboxylic acids is 1. The Morgan fingerprint density at radius 3 is 2.00 bits per heavy atom. The standard InChI is InChI=1S/C20H20N2O4/c1-12(20(25)26)13(2)21-18(23)11-22-16-9-5-3-7-14(16)19(24)15-8-4-6-10-17(15)22/h3-10,12-13H,11H2,1-2H3,(H,21,23)(H,25,26). The van der Waals surface area contributed by atoms with Crippen LogP contribution in [0.5, 0.6) is 0 Å². The van der Waals surface area contributed by atoms with E-state index in [2.05, 4.69) is 5.32 Å². The van der Waals surface area contributed by atoms with Gasteiger partial charge < -0.3 is 15.0 Å². The predicted octanol–water partition coefficient (Wildman–Crippen LogP) is 2.38. The van der Waals surface area contributed by atoms with E-state index in [0.717, 1.165) is 0 Å². The molecule has 6 heteroatoms. The molecule has 0 bridgehead atoms. The van der Waals surface area contributed by atoms with Crippen LogP contribution in [0.1, 0.15) is 13.8 Å². The highest BCUT2D eigenvalue weighted by molar-refractivity contribution is 5.94. The highest BCUT2D eigenvalue weighted by Gasteiger charge is 2.21. The number of aromatic nitrogens is 1. The maximum absolute atomic E-state index is 12.7. The van der Waals surface area contributed by atoms with Crippen LogP contribution >= 0.6 is 0 Å². The number of hydrogen-bond donors (Lipinski definition) is 2. The van der Waals surface area contributed by atoms with Crippen molar-refractivity contribution in [1.82, 2.24) is 9.88 Å². The van der Waals surface area contributed by atoms with Gasteiger partial charge in [0, 0.05) is 16.8 Å². The number of nitrogens with one attached hydrogen (secondary N) is 1. The minimum atomic E-state index is -0.961. The number of rotatable bonds is 5. The van der Waals surface area contributed by atoms with Gasteiger partial charge in [-0.25, -0.2) is 0 Å². The smallest absolute Gasteiger partial charge is 0.308 e. The largest absolute Gasteiger partial charge is 0.481 e. The molecule has 0 saturated carbocycles. The second-order valence-corrected chi connectivity index (χ2v) is 6.43. The normalized spacial score (nSPS) is 13.5. The first-order chi connectivity index (χ1) is 12.4.